The standard InChI is InChI=1S/C11H17N5/c1-7-3-6-10(8(2)13-7)15-11(16-12)14-9-4-5-9/h3,6,9H,4-5,12H2,1-2H3,(H2,14,15,16). The van der Waals surface area contributed by atoms with Crippen molar-refractivity contribution in [3.8, 4) is 0 Å². The summed E-state index contributed by atoms with van der Waals surface area (Å²) in [5.41, 5.74) is 5.46. The van der Waals surface area contributed by atoms with E-state index in [-0.39, 0.29) is 0 Å². The molecule has 0 aliphatic heterocycles. The lowest BCUT2D eigenvalue weighted by Crippen LogP contribution is -2.36. The van der Waals surface area contributed by atoms with Crippen molar-refractivity contribution in [3.05, 3.63) is 23.5 Å². The third kappa shape index (κ3) is 2.70. The van der Waals surface area contributed by atoms with Crippen molar-refractivity contribution in [2.45, 2.75) is 32.7 Å². The van der Waals surface area contributed by atoms with Gasteiger partial charge in [-0.25, -0.2) is 10.8 Å². The molecule has 0 saturated heterocycles. The van der Waals surface area contributed by atoms with Gasteiger partial charge in [-0.05, 0) is 38.8 Å². The van der Waals surface area contributed by atoms with E-state index in [1.165, 1.54) is 0 Å². The molecule has 1 saturated carbocycles. The van der Waals surface area contributed by atoms with Crippen LogP contribution in [0.15, 0.2) is 17.1 Å². The fourth-order valence-corrected chi connectivity index (χ4v) is 1.44. The molecule has 0 radical (unpaired) electrons. The van der Waals surface area contributed by atoms with Crippen molar-refractivity contribution >= 4 is 11.6 Å². The van der Waals surface area contributed by atoms with Crippen LogP contribution >= 0.6 is 0 Å². The number of anilines is 1. The van der Waals surface area contributed by atoms with E-state index < -0.39 is 0 Å². The molecule has 16 heavy (non-hydrogen) atoms. The highest BCUT2D eigenvalue weighted by Gasteiger charge is 2.21. The normalized spacial score (nSPS) is 16.1. The number of rotatable bonds is 2. The van der Waals surface area contributed by atoms with Gasteiger partial charge < -0.3 is 5.32 Å². The number of hydrogen-bond acceptors (Lipinski definition) is 3. The lowest BCUT2D eigenvalue weighted by molar-refractivity contribution is 0.964. The fraction of sp³-hybridized carbons (Fsp3) is 0.455. The fourth-order valence-electron chi connectivity index (χ4n) is 1.44. The van der Waals surface area contributed by atoms with Gasteiger partial charge in [0.05, 0.1) is 17.4 Å². The molecule has 0 atom stereocenters. The number of pyridine rings is 1. The molecular weight excluding hydrogens is 202 g/mol. The summed E-state index contributed by atoms with van der Waals surface area (Å²) in [5, 5.41) is 3.15. The van der Waals surface area contributed by atoms with Crippen LogP contribution in [0, 0.1) is 13.8 Å². The molecule has 0 aromatic carbocycles. The number of aromatic nitrogens is 1. The quantitative estimate of drug-likeness (QED) is 0.301. The monoisotopic (exact) mass is 219 g/mol. The van der Waals surface area contributed by atoms with Crippen LogP contribution in [0.25, 0.3) is 0 Å². The van der Waals surface area contributed by atoms with E-state index >= 15 is 0 Å². The average molecular weight is 219 g/mol. The summed E-state index contributed by atoms with van der Waals surface area (Å²) in [6.45, 7) is 3.93. The van der Waals surface area contributed by atoms with E-state index in [1.54, 1.807) is 0 Å². The molecule has 0 spiro atoms. The number of nitrogens with two attached hydrogens (primary N) is 1. The molecule has 2 rings (SSSR count). The molecule has 5 heteroatoms. The van der Waals surface area contributed by atoms with Crippen LogP contribution in [0.1, 0.15) is 24.2 Å². The van der Waals surface area contributed by atoms with Crippen LogP contribution in [0.5, 0.6) is 0 Å². The van der Waals surface area contributed by atoms with Gasteiger partial charge in [-0.1, -0.05) is 0 Å². The molecule has 0 unspecified atom stereocenters. The minimum Gasteiger partial charge on any atom is -0.324 e. The lowest BCUT2D eigenvalue weighted by atomic mass is 10.3. The molecule has 0 bridgehead atoms. The number of aryl methyl sites for hydroxylation is 2. The average Bonchev–Trinajstić information content (AvgIpc) is 3.04. The first-order chi connectivity index (χ1) is 7.69. The van der Waals surface area contributed by atoms with Gasteiger partial charge in [-0.3, -0.25) is 10.4 Å². The van der Waals surface area contributed by atoms with Crippen LogP contribution < -0.4 is 16.6 Å². The lowest BCUT2D eigenvalue weighted by Gasteiger charge is -2.11. The smallest absolute Gasteiger partial charge is 0.210 e. The molecule has 1 aliphatic carbocycles. The minimum atomic E-state index is 0.428. The molecule has 86 valence electrons. The molecule has 1 fully saturated rings. The Morgan fingerprint density at radius 2 is 2.19 bits per heavy atom. The highest BCUT2D eigenvalue weighted by atomic mass is 15.3. The maximum atomic E-state index is 5.41. The first kappa shape index (κ1) is 10.9. The van der Waals surface area contributed by atoms with E-state index in [0.717, 1.165) is 29.9 Å². The second-order valence-electron chi connectivity index (χ2n) is 4.06. The number of guanidine groups is 1. The summed E-state index contributed by atoms with van der Waals surface area (Å²) in [4.78, 5) is 8.78. The van der Waals surface area contributed by atoms with Crippen LogP contribution in [-0.2, 0) is 0 Å². The summed E-state index contributed by atoms with van der Waals surface area (Å²) < 4.78 is 0. The van der Waals surface area contributed by atoms with Gasteiger partial charge in [0.15, 0.2) is 0 Å². The molecular formula is C11H17N5. The van der Waals surface area contributed by atoms with E-state index in [9.17, 15) is 0 Å². The number of nitrogens with zero attached hydrogens (tertiary/aromatic N) is 2. The van der Waals surface area contributed by atoms with E-state index in [0.29, 0.717) is 12.0 Å². The Bertz CT molecular complexity index is 409. The Hall–Kier alpha value is -1.62. The van der Waals surface area contributed by atoms with Gasteiger partial charge in [-0.2, -0.15) is 0 Å². The Morgan fingerprint density at radius 3 is 2.75 bits per heavy atom. The van der Waals surface area contributed by atoms with E-state index in [2.05, 4.69) is 20.7 Å². The number of aliphatic imine (C=N–C) groups is 1. The largest absolute Gasteiger partial charge is 0.324 e. The van der Waals surface area contributed by atoms with Gasteiger partial charge in [0.2, 0.25) is 5.96 Å². The third-order valence-corrected chi connectivity index (χ3v) is 2.47. The predicted molar refractivity (Wildman–Crippen MR) is 65.1 cm³/mol. The van der Waals surface area contributed by atoms with Crippen LogP contribution in [0.2, 0.25) is 0 Å². The van der Waals surface area contributed by atoms with Crippen molar-refractivity contribution in [3.63, 3.8) is 0 Å². The number of hydrazine groups is 1. The summed E-state index contributed by atoms with van der Waals surface area (Å²) in [6, 6.07) is 4.37. The molecule has 1 aliphatic rings. The SMILES string of the molecule is Cc1ccc(NC(=NC2CC2)NN)c(C)n1. The van der Waals surface area contributed by atoms with Crippen molar-refractivity contribution in [1.29, 1.82) is 0 Å². The topological polar surface area (TPSA) is 75.3 Å². The van der Waals surface area contributed by atoms with Crippen molar-refractivity contribution in [2.24, 2.45) is 10.8 Å². The first-order valence-corrected chi connectivity index (χ1v) is 5.44. The first-order valence-electron chi connectivity index (χ1n) is 5.44. The van der Waals surface area contributed by atoms with E-state index in [4.69, 9.17) is 5.84 Å². The van der Waals surface area contributed by atoms with Gasteiger partial charge in [-0.15, -0.1) is 0 Å². The molecule has 4 N–H and O–H groups in total. The summed E-state index contributed by atoms with van der Waals surface area (Å²) >= 11 is 0. The summed E-state index contributed by atoms with van der Waals surface area (Å²) in [5.74, 6) is 6.02. The van der Waals surface area contributed by atoms with Gasteiger partial charge in [0.25, 0.3) is 0 Å². The molecule has 5 nitrogen and oxygen atoms in total. The number of nitrogens with one attached hydrogen (secondary N) is 2. The molecule has 1 heterocycles. The Balaban J connectivity index is 2.12. The molecule has 1 aromatic heterocycles. The zero-order valence-corrected chi connectivity index (χ0v) is 9.62. The van der Waals surface area contributed by atoms with Crippen molar-refractivity contribution in [1.82, 2.24) is 10.4 Å². The Kier molecular flexibility index (Phi) is 3.05. The summed E-state index contributed by atoms with van der Waals surface area (Å²) in [6.07, 6.45) is 2.30. The zero-order valence-electron chi connectivity index (χ0n) is 9.62. The molecule has 1 aromatic rings. The Morgan fingerprint density at radius 1 is 1.44 bits per heavy atom. The van der Waals surface area contributed by atoms with Crippen molar-refractivity contribution < 1.29 is 0 Å². The Labute approximate surface area is 95.1 Å². The minimum absolute atomic E-state index is 0.428. The predicted octanol–water partition coefficient (Wildman–Crippen LogP) is 1.09. The summed E-state index contributed by atoms with van der Waals surface area (Å²) in [7, 11) is 0. The maximum absolute atomic E-state index is 5.41. The van der Waals surface area contributed by atoms with Crippen LogP contribution in [0.3, 0.4) is 0 Å². The third-order valence-electron chi connectivity index (χ3n) is 2.47. The van der Waals surface area contributed by atoms with Gasteiger partial charge in [0, 0.05) is 5.69 Å². The van der Waals surface area contributed by atoms with Crippen molar-refractivity contribution in [2.75, 3.05) is 5.32 Å². The maximum Gasteiger partial charge on any atom is 0.210 e. The van der Waals surface area contributed by atoms with E-state index in [1.807, 2.05) is 26.0 Å². The zero-order chi connectivity index (χ0) is 11.5. The second-order valence-corrected chi connectivity index (χ2v) is 4.06. The second kappa shape index (κ2) is 4.49. The highest BCUT2D eigenvalue weighted by Crippen LogP contribution is 2.23. The van der Waals surface area contributed by atoms with Crippen LogP contribution in [-0.4, -0.2) is 17.0 Å². The van der Waals surface area contributed by atoms with Gasteiger partial charge >= 0.3 is 0 Å². The van der Waals surface area contributed by atoms with Crippen LogP contribution in [0.4, 0.5) is 5.69 Å². The highest BCUT2D eigenvalue weighted by molar-refractivity contribution is 5.93. The van der Waals surface area contributed by atoms with Gasteiger partial charge in [0.1, 0.15) is 0 Å². The number of hydrogen-bond donors (Lipinski definition) is 3. The molecule has 0 amide bonds.